The van der Waals surface area contributed by atoms with E-state index >= 15 is 0 Å². The summed E-state index contributed by atoms with van der Waals surface area (Å²) in [5, 5.41) is 14.8. The number of non-ortho nitro benzene ring substituents is 1. The minimum Gasteiger partial charge on any atom is -0.316 e. The van der Waals surface area contributed by atoms with Crippen LogP contribution in [0.15, 0.2) is 78.0 Å². The number of hydrazone groups is 1. The maximum atomic E-state index is 10.6. The molecule has 0 aliphatic rings. The Morgan fingerprint density at radius 1 is 1.00 bits per heavy atom. The zero-order valence-corrected chi connectivity index (χ0v) is 12.2. The Bertz CT molecular complexity index is 823. The van der Waals surface area contributed by atoms with Crippen LogP contribution >= 0.6 is 0 Å². The molecule has 0 radical (unpaired) electrons. The lowest BCUT2D eigenvalue weighted by Gasteiger charge is -2.05. The number of hydrogen-bond acceptors (Lipinski definition) is 4. The minimum absolute atomic E-state index is 0.0532. The van der Waals surface area contributed by atoms with Crippen LogP contribution in [-0.2, 0) is 0 Å². The van der Waals surface area contributed by atoms with Crippen molar-refractivity contribution in [1.82, 2.24) is 4.57 Å². The summed E-state index contributed by atoms with van der Waals surface area (Å²) in [5.41, 5.74) is 5.57. The number of nitrogens with one attached hydrogen (secondary N) is 1. The molecule has 1 aromatic heterocycles. The van der Waals surface area contributed by atoms with Gasteiger partial charge < -0.3 is 4.57 Å². The monoisotopic (exact) mass is 306 g/mol. The molecule has 1 heterocycles. The molecule has 1 N–H and O–H groups in total. The van der Waals surface area contributed by atoms with Crippen molar-refractivity contribution in [3.63, 3.8) is 0 Å². The van der Waals surface area contributed by atoms with Gasteiger partial charge in [0, 0.05) is 24.0 Å². The smallest absolute Gasteiger partial charge is 0.269 e. The molecule has 23 heavy (non-hydrogen) atoms. The standard InChI is InChI=1S/C17H14N4O2/c22-21(23)16-10-8-14(9-11-16)19-18-13-17-7-4-12-20(17)15-5-2-1-3-6-15/h1-13,19H/b18-13-. The number of anilines is 1. The zero-order chi connectivity index (χ0) is 16.1. The van der Waals surface area contributed by atoms with Crippen LogP contribution in [0, 0.1) is 10.1 Å². The van der Waals surface area contributed by atoms with Crippen LogP contribution in [0.4, 0.5) is 11.4 Å². The maximum Gasteiger partial charge on any atom is 0.269 e. The Balaban J connectivity index is 1.72. The highest BCUT2D eigenvalue weighted by Crippen LogP contribution is 2.15. The summed E-state index contributed by atoms with van der Waals surface area (Å²) < 4.78 is 2.01. The van der Waals surface area contributed by atoms with Gasteiger partial charge >= 0.3 is 0 Å². The summed E-state index contributed by atoms with van der Waals surface area (Å²) >= 11 is 0. The normalized spacial score (nSPS) is 10.8. The Kier molecular flexibility index (Phi) is 4.15. The van der Waals surface area contributed by atoms with E-state index in [-0.39, 0.29) is 5.69 Å². The van der Waals surface area contributed by atoms with E-state index in [1.807, 2.05) is 53.2 Å². The number of aromatic nitrogens is 1. The lowest BCUT2D eigenvalue weighted by atomic mass is 10.3. The van der Waals surface area contributed by atoms with E-state index in [0.717, 1.165) is 11.4 Å². The van der Waals surface area contributed by atoms with Gasteiger partial charge in [0.25, 0.3) is 5.69 Å². The van der Waals surface area contributed by atoms with Crippen LogP contribution in [0.3, 0.4) is 0 Å². The highest BCUT2D eigenvalue weighted by atomic mass is 16.6. The third-order valence-corrected chi connectivity index (χ3v) is 3.28. The molecule has 0 spiro atoms. The molecule has 3 aromatic rings. The molecule has 0 saturated carbocycles. The van der Waals surface area contributed by atoms with Crippen LogP contribution in [0.1, 0.15) is 5.69 Å². The number of hydrogen-bond donors (Lipinski definition) is 1. The first-order valence-corrected chi connectivity index (χ1v) is 7.00. The molecule has 0 aliphatic carbocycles. The Hall–Kier alpha value is -3.41. The predicted octanol–water partition coefficient (Wildman–Crippen LogP) is 3.83. The van der Waals surface area contributed by atoms with E-state index in [4.69, 9.17) is 0 Å². The second-order valence-electron chi connectivity index (χ2n) is 4.81. The Morgan fingerprint density at radius 3 is 2.43 bits per heavy atom. The van der Waals surface area contributed by atoms with Gasteiger partial charge in [0.05, 0.1) is 22.5 Å². The number of benzene rings is 2. The van der Waals surface area contributed by atoms with Gasteiger partial charge in [0.2, 0.25) is 0 Å². The first kappa shape index (κ1) is 14.5. The van der Waals surface area contributed by atoms with Crippen LogP contribution in [0.25, 0.3) is 5.69 Å². The average Bonchev–Trinajstić information content (AvgIpc) is 3.05. The van der Waals surface area contributed by atoms with Crippen LogP contribution in [0.2, 0.25) is 0 Å². The van der Waals surface area contributed by atoms with E-state index in [1.54, 1.807) is 18.3 Å². The molecule has 0 saturated heterocycles. The summed E-state index contributed by atoms with van der Waals surface area (Å²) in [4.78, 5) is 10.2. The summed E-state index contributed by atoms with van der Waals surface area (Å²) in [5.74, 6) is 0. The average molecular weight is 306 g/mol. The Labute approximate surface area is 132 Å². The van der Waals surface area contributed by atoms with Crippen molar-refractivity contribution in [3.05, 3.63) is 88.7 Å². The zero-order valence-electron chi connectivity index (χ0n) is 12.2. The van der Waals surface area contributed by atoms with Gasteiger partial charge in [0.1, 0.15) is 0 Å². The topological polar surface area (TPSA) is 72.5 Å². The largest absolute Gasteiger partial charge is 0.316 e. The highest BCUT2D eigenvalue weighted by molar-refractivity contribution is 5.79. The molecule has 0 amide bonds. The molecule has 0 bridgehead atoms. The van der Waals surface area contributed by atoms with Gasteiger partial charge in [-0.25, -0.2) is 0 Å². The van der Waals surface area contributed by atoms with Crippen molar-refractivity contribution < 1.29 is 4.92 Å². The SMILES string of the molecule is O=[N+]([O-])c1ccc(N/N=C\c2cccn2-c2ccccc2)cc1. The van der Waals surface area contributed by atoms with Gasteiger partial charge in [-0.15, -0.1) is 0 Å². The van der Waals surface area contributed by atoms with Crippen LogP contribution in [0.5, 0.6) is 0 Å². The van der Waals surface area contributed by atoms with Gasteiger partial charge in [-0.1, -0.05) is 18.2 Å². The second-order valence-corrected chi connectivity index (χ2v) is 4.81. The van der Waals surface area contributed by atoms with Gasteiger partial charge in [-0.3, -0.25) is 15.5 Å². The lowest BCUT2D eigenvalue weighted by Crippen LogP contribution is -1.99. The fraction of sp³-hybridized carbons (Fsp3) is 0. The number of nitro benzene ring substituents is 1. The van der Waals surface area contributed by atoms with Crippen LogP contribution < -0.4 is 5.43 Å². The van der Waals surface area contributed by atoms with Crippen LogP contribution in [-0.4, -0.2) is 15.7 Å². The summed E-state index contributed by atoms with van der Waals surface area (Å²) in [6.45, 7) is 0. The molecule has 114 valence electrons. The third-order valence-electron chi connectivity index (χ3n) is 3.28. The fourth-order valence-corrected chi connectivity index (χ4v) is 2.15. The van der Waals surface area contributed by atoms with Crippen molar-refractivity contribution in [3.8, 4) is 5.69 Å². The van der Waals surface area contributed by atoms with Crippen molar-refractivity contribution in [1.29, 1.82) is 0 Å². The third kappa shape index (κ3) is 3.44. The second kappa shape index (κ2) is 6.57. The molecule has 6 nitrogen and oxygen atoms in total. The van der Waals surface area contributed by atoms with E-state index < -0.39 is 4.92 Å². The maximum absolute atomic E-state index is 10.6. The number of nitro groups is 1. The highest BCUT2D eigenvalue weighted by Gasteiger charge is 2.03. The molecule has 6 heteroatoms. The molecule has 0 atom stereocenters. The molecule has 3 rings (SSSR count). The summed E-state index contributed by atoms with van der Waals surface area (Å²) in [7, 11) is 0. The minimum atomic E-state index is -0.431. The molecular formula is C17H14N4O2. The fourth-order valence-electron chi connectivity index (χ4n) is 2.15. The quantitative estimate of drug-likeness (QED) is 0.442. The van der Waals surface area contributed by atoms with Gasteiger partial charge in [-0.05, 0) is 36.4 Å². The van der Waals surface area contributed by atoms with E-state index in [0.29, 0.717) is 5.69 Å². The Morgan fingerprint density at radius 2 is 1.74 bits per heavy atom. The number of para-hydroxylation sites is 1. The van der Waals surface area contributed by atoms with E-state index in [1.165, 1.54) is 12.1 Å². The summed E-state index contributed by atoms with van der Waals surface area (Å²) in [6.07, 6.45) is 3.66. The first-order valence-electron chi connectivity index (χ1n) is 7.00. The predicted molar refractivity (Wildman–Crippen MR) is 90.1 cm³/mol. The summed E-state index contributed by atoms with van der Waals surface area (Å²) in [6, 6.07) is 20.0. The molecule has 2 aromatic carbocycles. The van der Waals surface area contributed by atoms with E-state index in [2.05, 4.69) is 10.5 Å². The number of rotatable bonds is 5. The van der Waals surface area contributed by atoms with Crippen molar-refractivity contribution >= 4 is 17.6 Å². The van der Waals surface area contributed by atoms with Gasteiger partial charge in [-0.2, -0.15) is 5.10 Å². The van der Waals surface area contributed by atoms with E-state index in [9.17, 15) is 10.1 Å². The van der Waals surface area contributed by atoms with Gasteiger partial charge in [0.15, 0.2) is 0 Å². The molecule has 0 aliphatic heterocycles. The van der Waals surface area contributed by atoms with Crippen molar-refractivity contribution in [2.45, 2.75) is 0 Å². The van der Waals surface area contributed by atoms with Crippen molar-refractivity contribution in [2.75, 3.05) is 5.43 Å². The molecule has 0 unspecified atom stereocenters. The number of nitrogens with zero attached hydrogens (tertiary/aromatic N) is 3. The van der Waals surface area contributed by atoms with Crippen molar-refractivity contribution in [2.24, 2.45) is 5.10 Å². The first-order chi connectivity index (χ1) is 11.2. The lowest BCUT2D eigenvalue weighted by molar-refractivity contribution is -0.384. The molecule has 0 fully saturated rings. The molecular weight excluding hydrogens is 292 g/mol.